The van der Waals surface area contributed by atoms with Gasteiger partial charge in [-0.1, -0.05) is 38.1 Å². The molecule has 1 aromatic rings. The number of benzene rings is 1. The lowest BCUT2D eigenvalue weighted by atomic mass is 9.90. The van der Waals surface area contributed by atoms with E-state index in [1.54, 1.807) is 7.05 Å². The molecule has 2 rings (SSSR count). The van der Waals surface area contributed by atoms with Gasteiger partial charge in [0.2, 0.25) is 0 Å². The average Bonchev–Trinajstić information content (AvgIpc) is 2.66. The minimum Gasteiger partial charge on any atom is -0.338 e. The fourth-order valence-corrected chi connectivity index (χ4v) is 2.07. The summed E-state index contributed by atoms with van der Waals surface area (Å²) in [4.78, 5) is 16.0. The van der Waals surface area contributed by atoms with Crippen molar-refractivity contribution in [1.82, 2.24) is 10.6 Å². The van der Waals surface area contributed by atoms with Crippen molar-refractivity contribution in [3.05, 3.63) is 35.4 Å². The van der Waals surface area contributed by atoms with E-state index in [-0.39, 0.29) is 5.91 Å². The first-order valence-electron chi connectivity index (χ1n) is 6.14. The molecule has 1 fully saturated rings. The van der Waals surface area contributed by atoms with Crippen molar-refractivity contribution < 1.29 is 4.79 Å². The van der Waals surface area contributed by atoms with Crippen LogP contribution in [0.15, 0.2) is 29.3 Å². The maximum absolute atomic E-state index is 12.0. The first-order valence-corrected chi connectivity index (χ1v) is 6.14. The molecule has 18 heavy (non-hydrogen) atoms. The standard InChI is InChI=1S/C14H19N3O/c1-9(2)10-5-7-11(8-6-10)14(3)12(18)16-13(15-4)17-14/h5-9H,1-4H3,(H2,15,16,17,18). The van der Waals surface area contributed by atoms with Gasteiger partial charge in [-0.3, -0.25) is 15.1 Å². The van der Waals surface area contributed by atoms with Crippen molar-refractivity contribution in [3.8, 4) is 0 Å². The maximum Gasteiger partial charge on any atom is 0.256 e. The summed E-state index contributed by atoms with van der Waals surface area (Å²) >= 11 is 0. The SMILES string of the molecule is CN=C1NC(=O)C(C)(c2ccc(C(C)C)cc2)N1. The molecule has 0 aliphatic carbocycles. The zero-order chi connectivity index (χ0) is 13.3. The summed E-state index contributed by atoms with van der Waals surface area (Å²) < 4.78 is 0. The Kier molecular flexibility index (Phi) is 3.11. The molecule has 1 heterocycles. The van der Waals surface area contributed by atoms with Crippen molar-refractivity contribution in [1.29, 1.82) is 0 Å². The van der Waals surface area contributed by atoms with Gasteiger partial charge < -0.3 is 5.32 Å². The number of aliphatic imine (C=N–C) groups is 1. The van der Waals surface area contributed by atoms with Crippen molar-refractivity contribution in [2.24, 2.45) is 4.99 Å². The highest BCUT2D eigenvalue weighted by atomic mass is 16.2. The maximum atomic E-state index is 12.0. The average molecular weight is 245 g/mol. The third kappa shape index (κ3) is 1.98. The molecule has 0 bridgehead atoms. The number of guanidine groups is 1. The Hall–Kier alpha value is -1.84. The van der Waals surface area contributed by atoms with Crippen LogP contribution in [0.2, 0.25) is 0 Å². The van der Waals surface area contributed by atoms with Gasteiger partial charge in [0.05, 0.1) is 0 Å². The fraction of sp³-hybridized carbons (Fsp3) is 0.429. The van der Waals surface area contributed by atoms with E-state index in [9.17, 15) is 4.79 Å². The molecule has 0 saturated carbocycles. The lowest BCUT2D eigenvalue weighted by molar-refractivity contribution is -0.123. The highest BCUT2D eigenvalue weighted by molar-refractivity contribution is 6.09. The van der Waals surface area contributed by atoms with Crippen molar-refractivity contribution in [3.63, 3.8) is 0 Å². The van der Waals surface area contributed by atoms with E-state index in [1.807, 2.05) is 19.1 Å². The summed E-state index contributed by atoms with van der Waals surface area (Å²) in [5.41, 5.74) is 1.48. The number of nitrogens with one attached hydrogen (secondary N) is 2. The molecule has 1 unspecified atom stereocenters. The Bertz CT molecular complexity index is 490. The predicted molar refractivity (Wildman–Crippen MR) is 72.5 cm³/mol. The minimum absolute atomic E-state index is 0.0691. The second-order valence-corrected chi connectivity index (χ2v) is 5.05. The van der Waals surface area contributed by atoms with Crippen LogP contribution in [0, 0.1) is 0 Å². The van der Waals surface area contributed by atoms with Crippen molar-refractivity contribution >= 4 is 11.9 Å². The topological polar surface area (TPSA) is 53.5 Å². The Balaban J connectivity index is 2.33. The third-order valence-corrected chi connectivity index (χ3v) is 3.43. The van der Waals surface area contributed by atoms with Crippen LogP contribution >= 0.6 is 0 Å². The molecule has 1 amide bonds. The van der Waals surface area contributed by atoms with E-state index < -0.39 is 5.54 Å². The second-order valence-electron chi connectivity index (χ2n) is 5.05. The van der Waals surface area contributed by atoms with Crippen molar-refractivity contribution in [2.75, 3.05) is 7.05 Å². The Morgan fingerprint density at radius 1 is 1.22 bits per heavy atom. The van der Waals surface area contributed by atoms with Gasteiger partial charge in [0.25, 0.3) is 5.91 Å². The van der Waals surface area contributed by atoms with Crippen LogP contribution < -0.4 is 10.6 Å². The van der Waals surface area contributed by atoms with Gasteiger partial charge in [-0.15, -0.1) is 0 Å². The van der Waals surface area contributed by atoms with Crippen LogP contribution in [0.3, 0.4) is 0 Å². The Morgan fingerprint density at radius 2 is 1.83 bits per heavy atom. The van der Waals surface area contributed by atoms with E-state index in [0.29, 0.717) is 11.9 Å². The first kappa shape index (κ1) is 12.6. The summed E-state index contributed by atoms with van der Waals surface area (Å²) in [6.07, 6.45) is 0. The fourth-order valence-electron chi connectivity index (χ4n) is 2.07. The number of amides is 1. The molecule has 0 radical (unpaired) electrons. The van der Waals surface area contributed by atoms with E-state index in [2.05, 4.69) is 41.6 Å². The smallest absolute Gasteiger partial charge is 0.256 e. The van der Waals surface area contributed by atoms with Crippen LogP contribution in [-0.4, -0.2) is 18.9 Å². The lowest BCUT2D eigenvalue weighted by Gasteiger charge is -2.22. The molecule has 1 saturated heterocycles. The Labute approximate surface area is 108 Å². The molecule has 96 valence electrons. The molecule has 2 N–H and O–H groups in total. The first-order chi connectivity index (χ1) is 8.47. The molecular weight excluding hydrogens is 226 g/mol. The van der Waals surface area contributed by atoms with Crippen LogP contribution in [0.4, 0.5) is 0 Å². The van der Waals surface area contributed by atoms with Gasteiger partial charge in [0.1, 0.15) is 5.54 Å². The van der Waals surface area contributed by atoms with Gasteiger partial charge in [0.15, 0.2) is 5.96 Å². The van der Waals surface area contributed by atoms with E-state index in [1.165, 1.54) is 5.56 Å². The molecule has 4 nitrogen and oxygen atoms in total. The molecule has 4 heteroatoms. The molecule has 1 aliphatic heterocycles. The second kappa shape index (κ2) is 4.44. The molecule has 0 aromatic heterocycles. The number of hydrogen-bond donors (Lipinski definition) is 2. The van der Waals surface area contributed by atoms with Crippen LogP contribution in [0.5, 0.6) is 0 Å². The summed E-state index contributed by atoms with van der Waals surface area (Å²) in [6.45, 7) is 6.17. The van der Waals surface area contributed by atoms with Gasteiger partial charge in [-0.25, -0.2) is 0 Å². The van der Waals surface area contributed by atoms with Gasteiger partial charge >= 0.3 is 0 Å². The quantitative estimate of drug-likeness (QED) is 0.833. The van der Waals surface area contributed by atoms with Gasteiger partial charge in [-0.05, 0) is 24.0 Å². The number of carbonyl (C=O) groups is 1. The van der Waals surface area contributed by atoms with E-state index in [0.717, 1.165) is 5.56 Å². The van der Waals surface area contributed by atoms with Gasteiger partial charge in [-0.2, -0.15) is 0 Å². The summed E-state index contributed by atoms with van der Waals surface area (Å²) in [5, 5.41) is 5.85. The summed E-state index contributed by atoms with van der Waals surface area (Å²) in [5.74, 6) is 0.945. The third-order valence-electron chi connectivity index (χ3n) is 3.43. The molecule has 1 aromatic carbocycles. The zero-order valence-corrected chi connectivity index (χ0v) is 11.2. The van der Waals surface area contributed by atoms with E-state index in [4.69, 9.17) is 0 Å². The van der Waals surface area contributed by atoms with Crippen LogP contribution in [-0.2, 0) is 10.3 Å². The summed E-state index contributed by atoms with van der Waals surface area (Å²) in [7, 11) is 1.65. The van der Waals surface area contributed by atoms with Gasteiger partial charge in [0, 0.05) is 7.05 Å². The molecule has 1 atom stereocenters. The van der Waals surface area contributed by atoms with E-state index >= 15 is 0 Å². The van der Waals surface area contributed by atoms with Crippen molar-refractivity contribution in [2.45, 2.75) is 32.2 Å². The normalized spacial score (nSPS) is 25.4. The monoisotopic (exact) mass is 245 g/mol. The molecular formula is C14H19N3O. The summed E-state index contributed by atoms with van der Waals surface area (Å²) in [6, 6.07) is 8.14. The largest absolute Gasteiger partial charge is 0.338 e. The highest BCUT2D eigenvalue weighted by Gasteiger charge is 2.42. The Morgan fingerprint density at radius 3 is 2.28 bits per heavy atom. The van der Waals surface area contributed by atoms with Crippen LogP contribution in [0.25, 0.3) is 0 Å². The number of hydrogen-bond acceptors (Lipinski definition) is 2. The number of carbonyl (C=O) groups excluding carboxylic acids is 1. The van der Waals surface area contributed by atoms with Crippen LogP contribution in [0.1, 0.15) is 37.8 Å². The highest BCUT2D eigenvalue weighted by Crippen LogP contribution is 2.26. The molecule has 0 spiro atoms. The molecule has 1 aliphatic rings. The number of nitrogens with zero attached hydrogens (tertiary/aromatic N) is 1. The predicted octanol–water partition coefficient (Wildman–Crippen LogP) is 1.73. The zero-order valence-electron chi connectivity index (χ0n) is 11.2. The number of rotatable bonds is 2. The minimum atomic E-state index is -0.732. The lowest BCUT2D eigenvalue weighted by Crippen LogP contribution is -2.40.